The van der Waals surface area contributed by atoms with E-state index in [0.717, 1.165) is 42.6 Å². The number of para-hydroxylation sites is 1. The maximum Gasteiger partial charge on any atom is 0.217 e. The Balaban J connectivity index is 1.62. The van der Waals surface area contributed by atoms with Crippen LogP contribution in [0.5, 0.6) is 11.5 Å². The van der Waals surface area contributed by atoms with Crippen LogP contribution < -0.4 is 10.1 Å². The van der Waals surface area contributed by atoms with Crippen LogP contribution in [-0.2, 0) is 23.1 Å². The van der Waals surface area contributed by atoms with E-state index in [1.807, 2.05) is 12.1 Å². The first-order chi connectivity index (χ1) is 15.0. The third kappa shape index (κ3) is 1.83. The van der Waals surface area contributed by atoms with Crippen LogP contribution in [0, 0.1) is 0 Å². The summed E-state index contributed by atoms with van der Waals surface area (Å²) < 4.78 is 6.66. The number of phenolic OH excluding ortho intramolecular Hbond substituents is 1. The Morgan fingerprint density at radius 2 is 2.13 bits per heavy atom. The molecule has 2 aliphatic carbocycles. The SMILES string of the molecule is CC(=O)N[C@@]12Cc3c([nH]c4ccccc34)[C@@H]3Oc4c(O)ccc5c4[C@@]31CCN(C)[C@H]2C5. The van der Waals surface area contributed by atoms with Crippen molar-refractivity contribution in [2.75, 3.05) is 13.6 Å². The molecular weight excluding hydrogens is 390 g/mol. The van der Waals surface area contributed by atoms with Crippen molar-refractivity contribution in [3.05, 3.63) is 58.8 Å². The number of phenols is 1. The first kappa shape index (κ1) is 17.7. The first-order valence-corrected chi connectivity index (χ1v) is 11.1. The summed E-state index contributed by atoms with van der Waals surface area (Å²) in [5.41, 5.74) is 4.83. The van der Waals surface area contributed by atoms with E-state index in [1.165, 1.54) is 16.5 Å². The number of fused-ring (bicyclic) bond motifs is 4. The van der Waals surface area contributed by atoms with Crippen molar-refractivity contribution in [2.45, 2.75) is 49.3 Å². The Labute approximate surface area is 180 Å². The van der Waals surface area contributed by atoms with E-state index in [4.69, 9.17) is 4.74 Å². The summed E-state index contributed by atoms with van der Waals surface area (Å²) in [5.74, 6) is 0.778. The molecule has 3 heterocycles. The van der Waals surface area contributed by atoms with Crippen LogP contribution >= 0.6 is 0 Å². The molecule has 31 heavy (non-hydrogen) atoms. The Bertz CT molecular complexity index is 1300. The fraction of sp³-hybridized carbons (Fsp3) is 0.400. The molecule has 3 N–H and O–H groups in total. The molecule has 1 saturated heterocycles. The van der Waals surface area contributed by atoms with Crippen molar-refractivity contribution in [1.29, 1.82) is 0 Å². The average molecular weight is 415 g/mol. The van der Waals surface area contributed by atoms with E-state index in [-0.39, 0.29) is 23.8 Å². The van der Waals surface area contributed by atoms with Gasteiger partial charge in [0.25, 0.3) is 0 Å². The van der Waals surface area contributed by atoms with Crippen molar-refractivity contribution in [3.8, 4) is 11.5 Å². The van der Waals surface area contributed by atoms with Crippen LogP contribution in [0.3, 0.4) is 0 Å². The Morgan fingerprint density at radius 1 is 1.29 bits per heavy atom. The van der Waals surface area contributed by atoms with Gasteiger partial charge in [0, 0.05) is 35.9 Å². The van der Waals surface area contributed by atoms with E-state index in [1.54, 1.807) is 13.0 Å². The van der Waals surface area contributed by atoms with E-state index in [9.17, 15) is 9.90 Å². The number of aromatic hydroxyl groups is 1. The third-order valence-corrected chi connectivity index (χ3v) is 8.49. The van der Waals surface area contributed by atoms with Gasteiger partial charge in [0.15, 0.2) is 17.6 Å². The number of benzene rings is 2. The van der Waals surface area contributed by atoms with Crippen molar-refractivity contribution in [1.82, 2.24) is 15.2 Å². The van der Waals surface area contributed by atoms with E-state index < -0.39 is 11.0 Å². The highest BCUT2D eigenvalue weighted by molar-refractivity contribution is 5.87. The zero-order valence-electron chi connectivity index (χ0n) is 17.7. The number of carbonyl (C=O) groups is 1. The molecule has 3 aromatic rings. The number of likely N-dealkylation sites (tertiary alicyclic amines) is 1. The molecule has 2 aromatic carbocycles. The van der Waals surface area contributed by atoms with Gasteiger partial charge in [0.2, 0.25) is 5.91 Å². The smallest absolute Gasteiger partial charge is 0.217 e. The number of ether oxygens (including phenoxy) is 1. The molecule has 2 bridgehead atoms. The monoisotopic (exact) mass is 415 g/mol. The molecule has 158 valence electrons. The zero-order chi connectivity index (χ0) is 21.1. The van der Waals surface area contributed by atoms with Crippen molar-refractivity contribution < 1.29 is 14.6 Å². The van der Waals surface area contributed by atoms with E-state index in [0.29, 0.717) is 5.75 Å². The van der Waals surface area contributed by atoms with Gasteiger partial charge in [-0.2, -0.15) is 0 Å². The molecule has 6 heteroatoms. The van der Waals surface area contributed by atoms with Gasteiger partial charge in [0.05, 0.1) is 16.6 Å². The number of hydrogen-bond donors (Lipinski definition) is 3. The highest BCUT2D eigenvalue weighted by atomic mass is 16.5. The second kappa shape index (κ2) is 5.43. The van der Waals surface area contributed by atoms with Gasteiger partial charge in [-0.1, -0.05) is 24.3 Å². The lowest BCUT2D eigenvalue weighted by atomic mass is 9.47. The van der Waals surface area contributed by atoms with Crippen LogP contribution in [0.4, 0.5) is 0 Å². The van der Waals surface area contributed by atoms with E-state index >= 15 is 0 Å². The van der Waals surface area contributed by atoms with Gasteiger partial charge in [0.1, 0.15) is 0 Å². The summed E-state index contributed by atoms with van der Waals surface area (Å²) in [6.45, 7) is 2.55. The number of likely N-dealkylation sites (N-methyl/N-ethyl adjacent to an activating group) is 1. The van der Waals surface area contributed by atoms with Crippen LogP contribution in [0.15, 0.2) is 36.4 Å². The van der Waals surface area contributed by atoms with Gasteiger partial charge < -0.3 is 25.0 Å². The van der Waals surface area contributed by atoms with Gasteiger partial charge in [-0.3, -0.25) is 4.79 Å². The molecule has 1 amide bonds. The Hall–Kier alpha value is -2.99. The number of H-pyrrole nitrogens is 1. The maximum atomic E-state index is 12.7. The number of nitrogens with zero attached hydrogens (tertiary/aromatic N) is 1. The average Bonchev–Trinajstić information content (AvgIpc) is 3.27. The lowest BCUT2D eigenvalue weighted by molar-refractivity contribution is -0.129. The molecule has 4 aliphatic rings. The Morgan fingerprint density at radius 3 is 2.97 bits per heavy atom. The lowest BCUT2D eigenvalue weighted by Crippen LogP contribution is -2.79. The molecule has 0 radical (unpaired) electrons. The third-order valence-electron chi connectivity index (χ3n) is 8.49. The molecule has 1 fully saturated rings. The molecule has 2 aliphatic heterocycles. The minimum absolute atomic E-state index is 0.0150. The highest BCUT2D eigenvalue weighted by Gasteiger charge is 2.73. The zero-order valence-corrected chi connectivity index (χ0v) is 17.7. The minimum atomic E-state index is -0.499. The Kier molecular flexibility index (Phi) is 3.09. The van der Waals surface area contributed by atoms with Crippen LogP contribution in [0.1, 0.15) is 41.8 Å². The molecule has 7 rings (SSSR count). The van der Waals surface area contributed by atoms with Crippen molar-refractivity contribution in [2.24, 2.45) is 0 Å². The van der Waals surface area contributed by atoms with Gasteiger partial charge >= 0.3 is 0 Å². The largest absolute Gasteiger partial charge is 0.504 e. The molecule has 6 nitrogen and oxygen atoms in total. The lowest BCUT2D eigenvalue weighted by Gasteiger charge is -2.64. The highest BCUT2D eigenvalue weighted by Crippen LogP contribution is 2.68. The normalized spacial score (nSPS) is 32.3. The molecule has 1 aromatic heterocycles. The summed E-state index contributed by atoms with van der Waals surface area (Å²) in [6.07, 6.45) is 2.17. The number of amides is 1. The summed E-state index contributed by atoms with van der Waals surface area (Å²) in [5, 5.41) is 15.5. The fourth-order valence-corrected chi connectivity index (χ4v) is 7.45. The number of nitrogens with one attached hydrogen (secondary N) is 2. The minimum Gasteiger partial charge on any atom is -0.504 e. The number of aromatic amines is 1. The quantitative estimate of drug-likeness (QED) is 0.571. The first-order valence-electron chi connectivity index (χ1n) is 11.1. The van der Waals surface area contributed by atoms with Gasteiger partial charge in [-0.25, -0.2) is 0 Å². The van der Waals surface area contributed by atoms with Gasteiger partial charge in [-0.05, 0) is 49.7 Å². The number of aromatic nitrogens is 1. The number of rotatable bonds is 1. The van der Waals surface area contributed by atoms with Crippen LogP contribution in [0.25, 0.3) is 10.9 Å². The number of carbonyl (C=O) groups excluding carboxylic acids is 1. The molecule has 4 atom stereocenters. The predicted molar refractivity (Wildman–Crippen MR) is 116 cm³/mol. The molecular formula is C25H25N3O3. The number of hydrogen-bond acceptors (Lipinski definition) is 4. The second-order valence-corrected chi connectivity index (χ2v) is 9.76. The van der Waals surface area contributed by atoms with E-state index in [2.05, 4.69) is 40.4 Å². The fourth-order valence-electron chi connectivity index (χ4n) is 7.45. The van der Waals surface area contributed by atoms with Crippen molar-refractivity contribution in [3.63, 3.8) is 0 Å². The summed E-state index contributed by atoms with van der Waals surface area (Å²) >= 11 is 0. The topological polar surface area (TPSA) is 77.6 Å². The summed E-state index contributed by atoms with van der Waals surface area (Å²) in [6, 6.07) is 12.3. The van der Waals surface area contributed by atoms with Crippen LogP contribution in [0.2, 0.25) is 0 Å². The summed E-state index contributed by atoms with van der Waals surface area (Å²) in [4.78, 5) is 18.7. The maximum absolute atomic E-state index is 12.7. The number of piperidine rings is 1. The summed E-state index contributed by atoms with van der Waals surface area (Å²) in [7, 11) is 2.17. The molecule has 0 saturated carbocycles. The van der Waals surface area contributed by atoms with Crippen molar-refractivity contribution >= 4 is 16.8 Å². The standard InChI is InChI=1S/C25H25N3O3/c1-13(29)27-25-12-16-15-5-3-4-6-17(15)26-21(16)23-24(25)9-10-28(2)19(25)11-14-7-8-18(30)22(31-23)20(14)24/h3-8,19,23,26,30H,9-12H2,1-2H3,(H,27,29)/t19-,23-,24-,25+/m0/s1. The van der Waals surface area contributed by atoms with Gasteiger partial charge in [-0.15, -0.1) is 0 Å². The molecule has 0 unspecified atom stereocenters. The molecule has 1 spiro atoms. The second-order valence-electron chi connectivity index (χ2n) is 9.76. The van der Waals surface area contributed by atoms with Crippen LogP contribution in [-0.4, -0.2) is 46.1 Å². The predicted octanol–water partition coefficient (Wildman–Crippen LogP) is 2.94.